The number of fused-ring (bicyclic) bond motifs is 1. The van der Waals surface area contributed by atoms with Crippen LogP contribution in [0.15, 0.2) is 21.1 Å². The molecule has 0 fully saturated rings. The molecule has 8 heteroatoms. The van der Waals surface area contributed by atoms with Crippen LogP contribution in [-0.4, -0.2) is 10.3 Å². The molecule has 2 aromatic rings. The molecule has 0 bridgehead atoms. The number of hydrogen-bond acceptors (Lipinski definition) is 4. The minimum Gasteiger partial charge on any atom is -0.590 e. The van der Waals surface area contributed by atoms with Crippen LogP contribution in [0.25, 0.3) is 11.0 Å². The van der Waals surface area contributed by atoms with Gasteiger partial charge in [0.15, 0.2) is 0 Å². The summed E-state index contributed by atoms with van der Waals surface area (Å²) in [5.74, 6) is 0. The van der Waals surface area contributed by atoms with E-state index in [4.69, 9.17) is 0 Å². The highest BCUT2D eigenvalue weighted by molar-refractivity contribution is 9.11. The number of rotatable bonds is 0. The van der Waals surface area contributed by atoms with E-state index in [-0.39, 0.29) is 20.8 Å². The van der Waals surface area contributed by atoms with Crippen molar-refractivity contribution in [2.24, 2.45) is 0 Å². The lowest BCUT2D eigenvalue weighted by Gasteiger charge is -1.98. The topological polar surface area (TPSA) is 79.7 Å². The van der Waals surface area contributed by atoms with E-state index in [1.807, 2.05) is 0 Å². The van der Waals surface area contributed by atoms with Crippen molar-refractivity contribution in [1.29, 1.82) is 0 Å². The maximum Gasteiger partial charge on any atom is 0.326 e. The molecule has 0 saturated carbocycles. The molecule has 1 heterocycles. The van der Waals surface area contributed by atoms with Crippen molar-refractivity contribution in [2.75, 3.05) is 0 Å². The molecular formula is C6H2Br2N4O2. The summed E-state index contributed by atoms with van der Waals surface area (Å²) in [6.45, 7) is 0. The van der Waals surface area contributed by atoms with Crippen molar-refractivity contribution in [3.05, 3.63) is 31.5 Å². The molecule has 0 amide bonds. The second-order valence-electron chi connectivity index (χ2n) is 2.47. The highest BCUT2D eigenvalue weighted by atomic mass is 79.9. The van der Waals surface area contributed by atoms with Crippen molar-refractivity contribution in [3.63, 3.8) is 0 Å². The van der Waals surface area contributed by atoms with E-state index in [1.54, 1.807) is 12.1 Å². The Kier molecular flexibility index (Phi) is 2.23. The molecule has 0 spiro atoms. The van der Waals surface area contributed by atoms with Gasteiger partial charge >= 0.3 is 5.21 Å². The maximum atomic E-state index is 11.2. The summed E-state index contributed by atoms with van der Waals surface area (Å²) < 4.78 is 1.24. The molecule has 2 rings (SSSR count). The van der Waals surface area contributed by atoms with Crippen LogP contribution in [0.2, 0.25) is 0 Å². The third-order valence-electron chi connectivity index (χ3n) is 1.55. The van der Waals surface area contributed by atoms with E-state index in [0.717, 1.165) is 4.47 Å². The Hall–Kier alpha value is -1.02. The molecule has 0 aliphatic carbocycles. The lowest BCUT2D eigenvalue weighted by molar-refractivity contribution is -0.863. The molecule has 0 atom stereocenters. The van der Waals surface area contributed by atoms with Crippen LogP contribution in [0, 0.1) is 10.4 Å². The van der Waals surface area contributed by atoms with E-state index in [2.05, 4.69) is 42.2 Å². The molecule has 0 aliphatic rings. The Morgan fingerprint density at radius 2 is 1.93 bits per heavy atom. The lowest BCUT2D eigenvalue weighted by atomic mass is 10.3. The monoisotopic (exact) mass is 320 g/mol. The van der Waals surface area contributed by atoms with Gasteiger partial charge in [0.05, 0.1) is 9.57 Å². The van der Waals surface area contributed by atoms with Crippen molar-refractivity contribution < 1.29 is 9.80 Å². The Morgan fingerprint density at radius 3 is 2.64 bits per heavy atom. The second kappa shape index (κ2) is 3.28. The first-order valence-electron chi connectivity index (χ1n) is 3.45. The zero-order valence-electron chi connectivity index (χ0n) is 6.52. The SMILES string of the molecule is [O-][n+]1nc2cc(Br)cc(Br)c2[n+]([O-])n1. The highest BCUT2D eigenvalue weighted by Gasteiger charge is 2.17. The minimum atomic E-state index is -0.0196. The Labute approximate surface area is 94.5 Å². The van der Waals surface area contributed by atoms with Crippen LogP contribution in [0.4, 0.5) is 0 Å². The molecule has 0 N–H and O–H groups in total. The number of nitrogens with zero attached hydrogens (tertiary/aromatic N) is 4. The predicted octanol–water partition coefficient (Wildman–Crippen LogP) is 0.422. The zero-order valence-corrected chi connectivity index (χ0v) is 9.69. The quantitative estimate of drug-likeness (QED) is 0.520. The maximum absolute atomic E-state index is 11.2. The summed E-state index contributed by atoms with van der Waals surface area (Å²) in [5, 5.41) is 28.6. The summed E-state index contributed by atoms with van der Waals surface area (Å²) in [5.41, 5.74) is 0.492. The number of aromatic nitrogens is 4. The van der Waals surface area contributed by atoms with Gasteiger partial charge in [-0.3, -0.25) is 0 Å². The van der Waals surface area contributed by atoms with Gasteiger partial charge in [-0.25, -0.2) is 0 Å². The fourth-order valence-electron chi connectivity index (χ4n) is 1.04. The van der Waals surface area contributed by atoms with E-state index in [0.29, 0.717) is 4.47 Å². The fraction of sp³-hybridized carbons (Fsp3) is 0. The van der Waals surface area contributed by atoms with Gasteiger partial charge in [0, 0.05) is 9.32 Å². The van der Waals surface area contributed by atoms with Crippen LogP contribution in [0.1, 0.15) is 0 Å². The summed E-state index contributed by atoms with van der Waals surface area (Å²) in [6.07, 6.45) is 0. The number of hydrogen-bond donors (Lipinski definition) is 0. The molecule has 72 valence electrons. The zero-order chi connectivity index (χ0) is 10.3. The van der Waals surface area contributed by atoms with Gasteiger partial charge in [-0.1, -0.05) is 15.9 Å². The molecule has 0 unspecified atom stereocenters. The third-order valence-corrected chi connectivity index (χ3v) is 2.61. The number of benzene rings is 1. The van der Waals surface area contributed by atoms with Crippen LogP contribution in [-0.2, 0) is 0 Å². The van der Waals surface area contributed by atoms with Crippen LogP contribution >= 0.6 is 31.9 Å². The fourth-order valence-corrected chi connectivity index (χ4v) is 2.40. The molecule has 0 saturated heterocycles. The first kappa shape index (κ1) is 9.53. The van der Waals surface area contributed by atoms with Crippen molar-refractivity contribution in [3.8, 4) is 0 Å². The molecule has 14 heavy (non-hydrogen) atoms. The summed E-state index contributed by atoms with van der Waals surface area (Å²) in [4.78, 5) is 0.208. The van der Waals surface area contributed by atoms with E-state index in [1.165, 1.54) is 0 Å². The average Bonchev–Trinajstić information content (AvgIpc) is 1.99. The van der Waals surface area contributed by atoms with Gasteiger partial charge in [0.25, 0.3) is 5.52 Å². The molecule has 1 aromatic heterocycles. The minimum absolute atomic E-state index is 0.0196. The van der Waals surface area contributed by atoms with E-state index in [9.17, 15) is 10.4 Å². The first-order chi connectivity index (χ1) is 6.58. The summed E-state index contributed by atoms with van der Waals surface area (Å²) >= 11 is 6.40. The van der Waals surface area contributed by atoms with Gasteiger partial charge in [-0.05, 0) is 28.1 Å². The number of halogens is 2. The van der Waals surface area contributed by atoms with Gasteiger partial charge < -0.3 is 10.4 Å². The largest absolute Gasteiger partial charge is 0.590 e. The van der Waals surface area contributed by atoms with Crippen molar-refractivity contribution in [2.45, 2.75) is 0 Å². The van der Waals surface area contributed by atoms with Crippen molar-refractivity contribution in [1.82, 2.24) is 10.3 Å². The Morgan fingerprint density at radius 1 is 1.21 bits per heavy atom. The lowest BCUT2D eigenvalue weighted by Crippen LogP contribution is -2.50. The Bertz CT molecular complexity index is 476. The highest BCUT2D eigenvalue weighted by Crippen LogP contribution is 2.23. The summed E-state index contributed by atoms with van der Waals surface area (Å²) in [7, 11) is 0. The van der Waals surface area contributed by atoms with Crippen LogP contribution in [0.5, 0.6) is 0 Å². The van der Waals surface area contributed by atoms with Crippen LogP contribution < -0.4 is 9.80 Å². The van der Waals surface area contributed by atoms with Crippen LogP contribution in [0.3, 0.4) is 0 Å². The predicted molar refractivity (Wildman–Crippen MR) is 52.9 cm³/mol. The molecule has 0 radical (unpaired) electrons. The molecule has 0 aliphatic heterocycles. The van der Waals surface area contributed by atoms with E-state index >= 15 is 0 Å². The Balaban J connectivity index is 2.94. The third kappa shape index (κ3) is 1.50. The average molecular weight is 322 g/mol. The van der Waals surface area contributed by atoms with Gasteiger partial charge in [0.1, 0.15) is 4.96 Å². The molecule has 1 aromatic carbocycles. The van der Waals surface area contributed by atoms with Crippen molar-refractivity contribution >= 4 is 42.9 Å². The normalized spacial score (nSPS) is 10.7. The van der Waals surface area contributed by atoms with Gasteiger partial charge in [-0.2, -0.15) is 0 Å². The van der Waals surface area contributed by atoms with Gasteiger partial charge in [-0.15, -0.1) is 0 Å². The molecule has 6 nitrogen and oxygen atoms in total. The van der Waals surface area contributed by atoms with E-state index < -0.39 is 0 Å². The smallest absolute Gasteiger partial charge is 0.326 e. The second-order valence-corrected chi connectivity index (χ2v) is 4.24. The molecular weight excluding hydrogens is 320 g/mol. The summed E-state index contributed by atoms with van der Waals surface area (Å²) in [6, 6.07) is 3.24. The standard InChI is InChI=1S/C6H2Br2N4O2/c7-3-1-4(8)6-5(2-3)9-12(14)10-11(6)13/h1-2H. The first-order valence-corrected chi connectivity index (χ1v) is 5.03. The van der Waals surface area contributed by atoms with Gasteiger partial charge in [0.2, 0.25) is 5.52 Å².